The summed E-state index contributed by atoms with van der Waals surface area (Å²) in [5.74, 6) is -0.320. The lowest BCUT2D eigenvalue weighted by Crippen LogP contribution is -2.30. The normalized spacial score (nSPS) is 11.7. The second-order valence-electron chi connectivity index (χ2n) is 5.85. The average molecular weight is 404 g/mol. The van der Waals surface area contributed by atoms with Gasteiger partial charge in [0.25, 0.3) is 11.8 Å². The number of amides is 1. The Morgan fingerprint density at radius 2 is 1.82 bits per heavy atom. The van der Waals surface area contributed by atoms with E-state index in [1.165, 1.54) is 28.6 Å². The van der Waals surface area contributed by atoms with Crippen molar-refractivity contribution in [2.24, 2.45) is 7.05 Å². The van der Waals surface area contributed by atoms with Crippen molar-refractivity contribution in [1.82, 2.24) is 24.3 Å². The fraction of sp³-hybridized carbons (Fsp3) is 0.294. The van der Waals surface area contributed by atoms with Gasteiger partial charge in [-0.3, -0.25) is 14.8 Å². The summed E-state index contributed by atoms with van der Waals surface area (Å²) in [7, 11) is -1.82. The van der Waals surface area contributed by atoms with Crippen molar-refractivity contribution in [3.63, 3.8) is 0 Å². The highest BCUT2D eigenvalue weighted by Gasteiger charge is 2.22. The zero-order valence-electron chi connectivity index (χ0n) is 15.7. The van der Waals surface area contributed by atoms with Crippen LogP contribution in [-0.4, -0.2) is 51.7 Å². The van der Waals surface area contributed by atoms with E-state index in [0.29, 0.717) is 18.8 Å². The molecular weight excluding hydrogens is 384 g/mol. The van der Waals surface area contributed by atoms with Crippen LogP contribution >= 0.6 is 0 Å². The minimum absolute atomic E-state index is 0.0782. The van der Waals surface area contributed by atoms with Gasteiger partial charge in [-0.1, -0.05) is 18.9 Å². The molecule has 11 heteroatoms. The van der Waals surface area contributed by atoms with Gasteiger partial charge in [0.2, 0.25) is 10.0 Å². The van der Waals surface area contributed by atoms with Crippen molar-refractivity contribution in [3.05, 3.63) is 42.1 Å². The Bertz CT molecular complexity index is 1070. The Morgan fingerprint density at radius 1 is 1.14 bits per heavy atom. The van der Waals surface area contributed by atoms with Gasteiger partial charge >= 0.3 is 6.01 Å². The Labute approximate surface area is 162 Å². The maximum Gasteiger partial charge on any atom is 0.322 e. The first kappa shape index (κ1) is 19.7. The minimum atomic E-state index is -3.58. The number of aromatic nitrogens is 4. The molecule has 1 N–H and O–H groups in total. The Morgan fingerprint density at radius 3 is 2.39 bits per heavy atom. The van der Waals surface area contributed by atoms with Crippen LogP contribution in [0.4, 0.5) is 6.01 Å². The van der Waals surface area contributed by atoms with Crippen LogP contribution in [0.5, 0.6) is 0 Å². The van der Waals surface area contributed by atoms with E-state index in [0.717, 1.165) is 0 Å². The van der Waals surface area contributed by atoms with E-state index in [4.69, 9.17) is 4.42 Å². The molecule has 0 aliphatic rings. The maximum absolute atomic E-state index is 12.5. The van der Waals surface area contributed by atoms with Crippen LogP contribution in [0, 0.1) is 0 Å². The molecular formula is C17H20N6O4S. The van der Waals surface area contributed by atoms with Gasteiger partial charge in [-0.2, -0.15) is 9.40 Å². The lowest BCUT2D eigenvalue weighted by molar-refractivity contribution is 0.102. The molecule has 2 heterocycles. The highest BCUT2D eigenvalue weighted by atomic mass is 32.2. The van der Waals surface area contributed by atoms with Gasteiger partial charge in [-0.05, 0) is 30.3 Å². The first-order valence-corrected chi connectivity index (χ1v) is 10.0. The van der Waals surface area contributed by atoms with Gasteiger partial charge < -0.3 is 4.42 Å². The van der Waals surface area contributed by atoms with Crippen molar-refractivity contribution < 1.29 is 17.6 Å². The number of carbonyl (C=O) groups excluding carboxylic acids is 1. The number of nitrogens with zero attached hydrogens (tertiary/aromatic N) is 5. The lowest BCUT2D eigenvalue weighted by Gasteiger charge is -2.18. The summed E-state index contributed by atoms with van der Waals surface area (Å²) in [6, 6.07) is 7.29. The molecule has 0 spiro atoms. The molecule has 0 saturated heterocycles. The molecule has 0 aliphatic heterocycles. The number of hydrogen-bond acceptors (Lipinski definition) is 7. The van der Waals surface area contributed by atoms with E-state index < -0.39 is 15.9 Å². The smallest absolute Gasteiger partial charge is 0.322 e. The van der Waals surface area contributed by atoms with Crippen molar-refractivity contribution in [3.8, 4) is 11.6 Å². The van der Waals surface area contributed by atoms with E-state index in [-0.39, 0.29) is 22.4 Å². The molecule has 0 saturated carbocycles. The quantitative estimate of drug-likeness (QED) is 0.636. The molecule has 10 nitrogen and oxygen atoms in total. The predicted molar refractivity (Wildman–Crippen MR) is 101 cm³/mol. The van der Waals surface area contributed by atoms with E-state index in [1.807, 2.05) is 0 Å². The van der Waals surface area contributed by atoms with Gasteiger partial charge in [0.15, 0.2) is 0 Å². The van der Waals surface area contributed by atoms with Gasteiger partial charge in [0, 0.05) is 31.9 Å². The lowest BCUT2D eigenvalue weighted by atomic mass is 10.2. The monoisotopic (exact) mass is 404 g/mol. The minimum Gasteiger partial charge on any atom is -0.401 e. The molecule has 3 aromatic rings. The molecule has 0 fully saturated rings. The molecule has 0 bridgehead atoms. The topological polar surface area (TPSA) is 123 Å². The molecule has 0 unspecified atom stereocenters. The fourth-order valence-corrected chi connectivity index (χ4v) is 4.02. The molecule has 3 rings (SSSR count). The number of nitrogens with one attached hydrogen (secondary N) is 1. The van der Waals surface area contributed by atoms with Gasteiger partial charge in [-0.25, -0.2) is 8.42 Å². The summed E-state index contributed by atoms with van der Waals surface area (Å²) < 4.78 is 33.3. The molecule has 1 aromatic carbocycles. The Hall–Kier alpha value is -3.05. The first-order chi connectivity index (χ1) is 13.3. The summed E-state index contributed by atoms with van der Waals surface area (Å²) in [5, 5.41) is 14.2. The standard InChI is InChI=1S/C17H20N6O4S/c1-4-23(5-2)28(25,26)13-8-6-12(7-9-13)15(24)18-17-20-19-16(27-17)14-10-11-22(3)21-14/h6-11H,4-5H2,1-3H3,(H,18,20,24). The molecule has 1 amide bonds. The number of aryl methyl sites for hydroxylation is 1. The van der Waals surface area contributed by atoms with Crippen LogP contribution in [0.25, 0.3) is 11.6 Å². The number of anilines is 1. The van der Waals surface area contributed by atoms with Crippen molar-refractivity contribution in [2.75, 3.05) is 18.4 Å². The first-order valence-electron chi connectivity index (χ1n) is 8.60. The number of hydrogen-bond donors (Lipinski definition) is 1. The van der Waals surface area contributed by atoms with Crippen LogP contribution in [0.2, 0.25) is 0 Å². The molecule has 0 radical (unpaired) electrons. The summed E-state index contributed by atoms with van der Waals surface area (Å²) in [6.45, 7) is 4.28. The number of benzene rings is 1. The second-order valence-corrected chi connectivity index (χ2v) is 7.79. The third-order valence-corrected chi connectivity index (χ3v) is 6.10. The Kier molecular flexibility index (Phi) is 5.56. The molecule has 2 aromatic heterocycles. The van der Waals surface area contributed by atoms with E-state index in [2.05, 4.69) is 20.6 Å². The van der Waals surface area contributed by atoms with E-state index >= 15 is 0 Å². The van der Waals surface area contributed by atoms with Crippen LogP contribution in [0.3, 0.4) is 0 Å². The third kappa shape index (κ3) is 3.94. The summed E-state index contributed by atoms with van der Waals surface area (Å²) in [5.41, 5.74) is 0.748. The van der Waals surface area contributed by atoms with Crippen LogP contribution in [0.15, 0.2) is 45.8 Å². The molecule has 148 valence electrons. The number of carbonyl (C=O) groups is 1. The second kappa shape index (κ2) is 7.90. The van der Waals surface area contributed by atoms with Crippen LogP contribution < -0.4 is 5.32 Å². The maximum atomic E-state index is 12.5. The Balaban J connectivity index is 1.73. The zero-order chi connectivity index (χ0) is 20.3. The summed E-state index contributed by atoms with van der Waals surface area (Å²) in [4.78, 5) is 12.5. The molecule has 0 atom stereocenters. The predicted octanol–water partition coefficient (Wildman–Crippen LogP) is 1.75. The van der Waals surface area contributed by atoms with E-state index in [1.54, 1.807) is 37.8 Å². The van der Waals surface area contributed by atoms with Crippen molar-refractivity contribution in [2.45, 2.75) is 18.7 Å². The van der Waals surface area contributed by atoms with Gasteiger partial charge in [-0.15, -0.1) is 5.10 Å². The number of rotatable bonds is 7. The third-order valence-electron chi connectivity index (χ3n) is 4.04. The van der Waals surface area contributed by atoms with Gasteiger partial charge in [0.05, 0.1) is 4.90 Å². The van der Waals surface area contributed by atoms with Crippen molar-refractivity contribution >= 4 is 21.9 Å². The fourth-order valence-electron chi connectivity index (χ4n) is 2.57. The number of sulfonamides is 1. The van der Waals surface area contributed by atoms with Crippen molar-refractivity contribution in [1.29, 1.82) is 0 Å². The SMILES string of the molecule is CCN(CC)S(=O)(=O)c1ccc(C(=O)Nc2nnc(-c3ccn(C)n3)o2)cc1. The van der Waals surface area contributed by atoms with Crippen LogP contribution in [0.1, 0.15) is 24.2 Å². The molecule has 28 heavy (non-hydrogen) atoms. The van der Waals surface area contributed by atoms with Crippen LogP contribution in [-0.2, 0) is 17.1 Å². The van der Waals surface area contributed by atoms with Gasteiger partial charge in [0.1, 0.15) is 5.69 Å². The molecule has 0 aliphatic carbocycles. The van der Waals surface area contributed by atoms with E-state index in [9.17, 15) is 13.2 Å². The zero-order valence-corrected chi connectivity index (χ0v) is 16.5. The highest BCUT2D eigenvalue weighted by Crippen LogP contribution is 2.19. The highest BCUT2D eigenvalue weighted by molar-refractivity contribution is 7.89. The average Bonchev–Trinajstić information content (AvgIpc) is 3.31. The summed E-state index contributed by atoms with van der Waals surface area (Å²) in [6.07, 6.45) is 1.73. The largest absolute Gasteiger partial charge is 0.401 e. The summed E-state index contributed by atoms with van der Waals surface area (Å²) >= 11 is 0.